The molecule has 0 aliphatic carbocycles. The van der Waals surface area contributed by atoms with Crippen LogP contribution in [-0.4, -0.2) is 44.1 Å². The summed E-state index contributed by atoms with van der Waals surface area (Å²) in [5.41, 5.74) is 1.28. The van der Waals surface area contributed by atoms with E-state index in [4.69, 9.17) is 0 Å². The molecule has 2 N–H and O–H groups in total. The lowest BCUT2D eigenvalue weighted by atomic mass is 10.1. The van der Waals surface area contributed by atoms with Crippen LogP contribution in [-0.2, 0) is 0 Å². The third-order valence-electron chi connectivity index (χ3n) is 4.02. The summed E-state index contributed by atoms with van der Waals surface area (Å²) in [5, 5.41) is 6.84. The number of guanidine groups is 1. The van der Waals surface area contributed by atoms with Gasteiger partial charge in [-0.3, -0.25) is 4.99 Å². The quantitative estimate of drug-likeness (QED) is 0.480. The zero-order valence-corrected chi connectivity index (χ0v) is 13.3. The molecule has 1 aliphatic rings. The first-order valence-corrected chi connectivity index (χ1v) is 8.04. The van der Waals surface area contributed by atoms with E-state index in [9.17, 15) is 0 Å². The second-order valence-corrected chi connectivity index (χ2v) is 5.68. The van der Waals surface area contributed by atoms with Crippen LogP contribution in [0.15, 0.2) is 35.3 Å². The van der Waals surface area contributed by atoms with Crippen LogP contribution in [0.25, 0.3) is 0 Å². The van der Waals surface area contributed by atoms with Crippen molar-refractivity contribution in [3.05, 3.63) is 35.9 Å². The van der Waals surface area contributed by atoms with Crippen LogP contribution in [0.1, 0.15) is 37.8 Å². The van der Waals surface area contributed by atoms with Crippen molar-refractivity contribution in [3.8, 4) is 0 Å². The average Bonchev–Trinajstić information content (AvgIpc) is 3.04. The third kappa shape index (κ3) is 5.38. The molecule has 1 aromatic rings. The van der Waals surface area contributed by atoms with E-state index in [1.807, 2.05) is 13.1 Å². The Labute approximate surface area is 128 Å². The van der Waals surface area contributed by atoms with Gasteiger partial charge in [0, 0.05) is 13.6 Å². The fourth-order valence-electron chi connectivity index (χ4n) is 2.74. The summed E-state index contributed by atoms with van der Waals surface area (Å²) in [6, 6.07) is 10.7. The standard InChI is InChI=1S/C17H28N4/c1-15(16-9-4-3-5-10-16)20-17(18-2)19-11-8-14-21-12-6-7-13-21/h3-5,9-10,15H,6-8,11-14H2,1-2H3,(H2,18,19,20). The van der Waals surface area contributed by atoms with Crippen LogP contribution in [0.2, 0.25) is 0 Å². The van der Waals surface area contributed by atoms with Crippen LogP contribution in [0.4, 0.5) is 0 Å². The monoisotopic (exact) mass is 288 g/mol. The topological polar surface area (TPSA) is 39.7 Å². The molecule has 1 aliphatic heterocycles. The van der Waals surface area contributed by atoms with Gasteiger partial charge >= 0.3 is 0 Å². The number of likely N-dealkylation sites (tertiary alicyclic amines) is 1. The van der Waals surface area contributed by atoms with Gasteiger partial charge in [-0.25, -0.2) is 0 Å². The Morgan fingerprint density at radius 2 is 1.95 bits per heavy atom. The molecule has 1 saturated heterocycles. The van der Waals surface area contributed by atoms with Gasteiger partial charge in [0.1, 0.15) is 0 Å². The van der Waals surface area contributed by atoms with Crippen molar-refractivity contribution in [1.29, 1.82) is 0 Å². The van der Waals surface area contributed by atoms with Crippen LogP contribution in [0.5, 0.6) is 0 Å². The first-order chi connectivity index (χ1) is 10.3. The largest absolute Gasteiger partial charge is 0.356 e. The zero-order valence-electron chi connectivity index (χ0n) is 13.3. The van der Waals surface area contributed by atoms with Crippen LogP contribution < -0.4 is 10.6 Å². The van der Waals surface area contributed by atoms with E-state index in [1.54, 1.807) is 0 Å². The molecular weight excluding hydrogens is 260 g/mol. The Morgan fingerprint density at radius 1 is 1.24 bits per heavy atom. The van der Waals surface area contributed by atoms with Gasteiger partial charge < -0.3 is 15.5 Å². The molecule has 0 saturated carbocycles. The number of hydrogen-bond donors (Lipinski definition) is 2. The Bertz CT molecular complexity index is 424. The molecule has 1 unspecified atom stereocenters. The smallest absolute Gasteiger partial charge is 0.191 e. The molecule has 1 atom stereocenters. The summed E-state index contributed by atoms with van der Waals surface area (Å²) in [4.78, 5) is 6.85. The molecule has 0 aromatic heterocycles. The molecule has 4 nitrogen and oxygen atoms in total. The summed E-state index contributed by atoms with van der Waals surface area (Å²) in [6.45, 7) is 6.87. The Morgan fingerprint density at radius 3 is 2.62 bits per heavy atom. The third-order valence-corrected chi connectivity index (χ3v) is 4.02. The highest BCUT2D eigenvalue weighted by molar-refractivity contribution is 5.80. The van der Waals surface area contributed by atoms with E-state index < -0.39 is 0 Å². The molecule has 0 radical (unpaired) electrons. The number of nitrogens with zero attached hydrogens (tertiary/aromatic N) is 2. The van der Waals surface area contributed by atoms with Gasteiger partial charge in [0.15, 0.2) is 5.96 Å². The Hall–Kier alpha value is -1.55. The van der Waals surface area contributed by atoms with Gasteiger partial charge in [-0.05, 0) is 51.4 Å². The maximum atomic E-state index is 4.30. The summed E-state index contributed by atoms with van der Waals surface area (Å²) in [6.07, 6.45) is 3.90. The molecule has 0 spiro atoms. The lowest BCUT2D eigenvalue weighted by Gasteiger charge is -2.19. The van der Waals surface area contributed by atoms with Crippen molar-refractivity contribution in [2.45, 2.75) is 32.2 Å². The number of nitrogens with one attached hydrogen (secondary N) is 2. The van der Waals surface area contributed by atoms with Gasteiger partial charge in [-0.15, -0.1) is 0 Å². The molecule has 1 heterocycles. The van der Waals surface area contributed by atoms with Crippen molar-refractivity contribution in [2.75, 3.05) is 33.2 Å². The van der Waals surface area contributed by atoms with Crippen LogP contribution in [0, 0.1) is 0 Å². The molecule has 2 rings (SSSR count). The average molecular weight is 288 g/mol. The van der Waals surface area contributed by atoms with Crippen molar-refractivity contribution in [3.63, 3.8) is 0 Å². The molecule has 0 amide bonds. The minimum absolute atomic E-state index is 0.260. The number of hydrogen-bond acceptors (Lipinski definition) is 2. The summed E-state index contributed by atoms with van der Waals surface area (Å²) >= 11 is 0. The van der Waals surface area contributed by atoms with E-state index in [0.717, 1.165) is 12.5 Å². The lowest BCUT2D eigenvalue weighted by Crippen LogP contribution is -2.39. The van der Waals surface area contributed by atoms with Crippen molar-refractivity contribution < 1.29 is 0 Å². The first-order valence-electron chi connectivity index (χ1n) is 8.04. The molecule has 1 fully saturated rings. The van der Waals surface area contributed by atoms with Crippen molar-refractivity contribution in [1.82, 2.24) is 15.5 Å². The van der Waals surface area contributed by atoms with Gasteiger partial charge in [0.05, 0.1) is 6.04 Å². The highest BCUT2D eigenvalue weighted by Crippen LogP contribution is 2.10. The minimum Gasteiger partial charge on any atom is -0.356 e. The van der Waals surface area contributed by atoms with Crippen LogP contribution >= 0.6 is 0 Å². The molecule has 21 heavy (non-hydrogen) atoms. The van der Waals surface area contributed by atoms with Gasteiger partial charge in [0.25, 0.3) is 0 Å². The molecule has 116 valence electrons. The van der Waals surface area contributed by atoms with E-state index in [2.05, 4.69) is 51.7 Å². The number of benzene rings is 1. The van der Waals surface area contributed by atoms with Crippen molar-refractivity contribution >= 4 is 5.96 Å². The normalized spacial score (nSPS) is 17.7. The van der Waals surface area contributed by atoms with E-state index in [0.29, 0.717) is 0 Å². The minimum atomic E-state index is 0.260. The fourth-order valence-corrected chi connectivity index (χ4v) is 2.74. The highest BCUT2D eigenvalue weighted by atomic mass is 15.2. The Balaban J connectivity index is 1.68. The van der Waals surface area contributed by atoms with E-state index in [-0.39, 0.29) is 6.04 Å². The van der Waals surface area contributed by atoms with Gasteiger partial charge in [-0.1, -0.05) is 30.3 Å². The second-order valence-electron chi connectivity index (χ2n) is 5.68. The predicted octanol–water partition coefficient (Wildman–Crippen LogP) is 2.40. The SMILES string of the molecule is CN=C(NCCCN1CCCC1)NC(C)c1ccccc1. The predicted molar refractivity (Wildman–Crippen MR) is 89.6 cm³/mol. The molecular formula is C17H28N4. The van der Waals surface area contributed by atoms with Gasteiger partial charge in [0.2, 0.25) is 0 Å². The molecule has 4 heteroatoms. The number of rotatable bonds is 6. The second kappa shape index (κ2) is 8.67. The van der Waals surface area contributed by atoms with Crippen molar-refractivity contribution in [2.24, 2.45) is 4.99 Å². The Kier molecular flexibility index (Phi) is 6.54. The first kappa shape index (κ1) is 15.8. The fraction of sp³-hybridized carbons (Fsp3) is 0.588. The van der Waals surface area contributed by atoms with Gasteiger partial charge in [-0.2, -0.15) is 0 Å². The van der Waals surface area contributed by atoms with E-state index >= 15 is 0 Å². The van der Waals surface area contributed by atoms with E-state index in [1.165, 1.54) is 44.5 Å². The summed E-state index contributed by atoms with van der Waals surface area (Å²) in [7, 11) is 1.83. The highest BCUT2D eigenvalue weighted by Gasteiger charge is 2.11. The maximum Gasteiger partial charge on any atom is 0.191 e. The summed E-state index contributed by atoms with van der Waals surface area (Å²) in [5.74, 6) is 0.882. The molecule has 1 aromatic carbocycles. The zero-order chi connectivity index (χ0) is 14.9. The summed E-state index contributed by atoms with van der Waals surface area (Å²) < 4.78 is 0. The lowest BCUT2D eigenvalue weighted by molar-refractivity contribution is 0.334. The van der Waals surface area contributed by atoms with Crippen LogP contribution in [0.3, 0.4) is 0 Å². The molecule has 0 bridgehead atoms. The maximum absolute atomic E-state index is 4.30. The number of aliphatic imine (C=N–C) groups is 1.